The standard InChI is InChI=1S/C17H25N3O2/c1-13-5-6-16(18-10-13)22-15-7-9-20(12-15)17(21)14-4-3-8-19(2)11-14/h5-6,10,14-15H,3-4,7-9,11-12H2,1-2H3. The van der Waals surface area contributed by atoms with Crippen LogP contribution in [-0.2, 0) is 4.79 Å². The smallest absolute Gasteiger partial charge is 0.227 e. The Morgan fingerprint density at radius 3 is 2.86 bits per heavy atom. The second-order valence-electron chi connectivity index (χ2n) is 6.59. The summed E-state index contributed by atoms with van der Waals surface area (Å²) in [4.78, 5) is 21.1. The van der Waals surface area contributed by atoms with Gasteiger partial charge in [-0.15, -0.1) is 0 Å². The number of nitrogens with zero attached hydrogens (tertiary/aromatic N) is 3. The number of piperidine rings is 1. The molecule has 5 nitrogen and oxygen atoms in total. The maximum absolute atomic E-state index is 12.6. The van der Waals surface area contributed by atoms with Crippen molar-refractivity contribution in [2.75, 3.05) is 33.2 Å². The predicted molar refractivity (Wildman–Crippen MR) is 84.8 cm³/mol. The number of amides is 1. The lowest BCUT2D eigenvalue weighted by Gasteiger charge is -2.31. The van der Waals surface area contributed by atoms with E-state index in [-0.39, 0.29) is 12.0 Å². The Labute approximate surface area is 132 Å². The highest BCUT2D eigenvalue weighted by atomic mass is 16.5. The SMILES string of the molecule is Cc1ccc(OC2CCN(C(=O)C3CCCN(C)C3)C2)nc1. The monoisotopic (exact) mass is 303 g/mol. The highest BCUT2D eigenvalue weighted by Crippen LogP contribution is 2.22. The van der Waals surface area contributed by atoms with Gasteiger partial charge in [0.2, 0.25) is 11.8 Å². The summed E-state index contributed by atoms with van der Waals surface area (Å²) in [7, 11) is 2.10. The summed E-state index contributed by atoms with van der Waals surface area (Å²) in [5.74, 6) is 1.12. The van der Waals surface area contributed by atoms with E-state index in [0.29, 0.717) is 18.3 Å². The molecule has 2 atom stereocenters. The number of hydrogen-bond donors (Lipinski definition) is 0. The maximum Gasteiger partial charge on any atom is 0.227 e. The highest BCUT2D eigenvalue weighted by molar-refractivity contribution is 5.79. The van der Waals surface area contributed by atoms with E-state index in [1.54, 1.807) is 0 Å². The van der Waals surface area contributed by atoms with E-state index in [1.807, 2.05) is 30.2 Å². The van der Waals surface area contributed by atoms with Gasteiger partial charge in [-0.05, 0) is 38.9 Å². The molecule has 0 N–H and O–H groups in total. The first-order valence-electron chi connectivity index (χ1n) is 8.18. The lowest BCUT2D eigenvalue weighted by molar-refractivity contribution is -0.136. The molecule has 1 aromatic heterocycles. The van der Waals surface area contributed by atoms with Gasteiger partial charge in [0.25, 0.3) is 0 Å². The highest BCUT2D eigenvalue weighted by Gasteiger charge is 2.33. The van der Waals surface area contributed by atoms with Crippen LogP contribution in [0.5, 0.6) is 5.88 Å². The average molecular weight is 303 g/mol. The molecule has 2 aliphatic heterocycles. The third kappa shape index (κ3) is 3.58. The zero-order chi connectivity index (χ0) is 15.5. The Morgan fingerprint density at radius 2 is 2.14 bits per heavy atom. The second-order valence-corrected chi connectivity index (χ2v) is 6.59. The molecule has 1 amide bonds. The first-order valence-corrected chi connectivity index (χ1v) is 8.18. The van der Waals surface area contributed by atoms with Crippen molar-refractivity contribution < 1.29 is 9.53 Å². The second kappa shape index (κ2) is 6.65. The van der Waals surface area contributed by atoms with Crippen LogP contribution < -0.4 is 4.74 Å². The van der Waals surface area contributed by atoms with Crippen LogP contribution in [0.15, 0.2) is 18.3 Å². The molecule has 0 bridgehead atoms. The molecule has 0 spiro atoms. The zero-order valence-corrected chi connectivity index (χ0v) is 13.5. The van der Waals surface area contributed by atoms with Crippen LogP contribution in [-0.4, -0.2) is 60.0 Å². The number of ether oxygens (including phenoxy) is 1. The van der Waals surface area contributed by atoms with Gasteiger partial charge in [-0.2, -0.15) is 0 Å². The van der Waals surface area contributed by atoms with Crippen molar-refractivity contribution in [1.82, 2.24) is 14.8 Å². The third-order valence-corrected chi connectivity index (χ3v) is 4.60. The molecule has 3 rings (SSSR count). The molecule has 0 saturated carbocycles. The fourth-order valence-corrected chi connectivity index (χ4v) is 3.35. The van der Waals surface area contributed by atoms with Crippen LogP contribution in [0, 0.1) is 12.8 Å². The molecule has 5 heteroatoms. The van der Waals surface area contributed by atoms with E-state index in [2.05, 4.69) is 16.9 Å². The number of carbonyl (C=O) groups excluding carboxylic acids is 1. The number of aryl methyl sites for hydroxylation is 1. The molecular formula is C17H25N3O2. The molecule has 2 saturated heterocycles. The molecule has 120 valence electrons. The largest absolute Gasteiger partial charge is 0.472 e. The number of pyridine rings is 1. The van der Waals surface area contributed by atoms with Crippen molar-refractivity contribution in [1.29, 1.82) is 0 Å². The summed E-state index contributed by atoms with van der Waals surface area (Å²) in [6, 6.07) is 3.90. The Kier molecular flexibility index (Phi) is 4.62. The first-order chi connectivity index (χ1) is 10.6. The lowest BCUT2D eigenvalue weighted by Crippen LogP contribution is -2.43. The molecule has 3 heterocycles. The summed E-state index contributed by atoms with van der Waals surface area (Å²) in [6.07, 6.45) is 4.91. The van der Waals surface area contributed by atoms with Crippen LogP contribution in [0.2, 0.25) is 0 Å². The molecule has 2 unspecified atom stereocenters. The van der Waals surface area contributed by atoms with Crippen molar-refractivity contribution in [3.8, 4) is 5.88 Å². The van der Waals surface area contributed by atoms with Gasteiger partial charge in [-0.3, -0.25) is 4.79 Å². The van der Waals surface area contributed by atoms with Crippen molar-refractivity contribution in [2.45, 2.75) is 32.3 Å². The average Bonchev–Trinajstić information content (AvgIpc) is 2.97. The van der Waals surface area contributed by atoms with E-state index in [0.717, 1.165) is 44.5 Å². The fraction of sp³-hybridized carbons (Fsp3) is 0.647. The van der Waals surface area contributed by atoms with Gasteiger partial charge in [0.1, 0.15) is 6.10 Å². The molecule has 1 aromatic rings. The van der Waals surface area contributed by atoms with E-state index in [1.165, 1.54) is 0 Å². The van der Waals surface area contributed by atoms with Crippen molar-refractivity contribution in [3.63, 3.8) is 0 Å². The summed E-state index contributed by atoms with van der Waals surface area (Å²) in [6.45, 7) is 5.49. The van der Waals surface area contributed by atoms with Gasteiger partial charge in [0.15, 0.2) is 0 Å². The Hall–Kier alpha value is -1.62. The number of aromatic nitrogens is 1. The number of hydrogen-bond acceptors (Lipinski definition) is 4. The minimum Gasteiger partial charge on any atom is -0.472 e. The quantitative estimate of drug-likeness (QED) is 0.853. The van der Waals surface area contributed by atoms with E-state index >= 15 is 0 Å². The van der Waals surface area contributed by atoms with E-state index in [9.17, 15) is 4.79 Å². The topological polar surface area (TPSA) is 45.7 Å². The van der Waals surface area contributed by atoms with Crippen molar-refractivity contribution in [3.05, 3.63) is 23.9 Å². The minimum atomic E-state index is 0.0699. The van der Waals surface area contributed by atoms with E-state index in [4.69, 9.17) is 4.74 Å². The molecular weight excluding hydrogens is 278 g/mol. The number of likely N-dealkylation sites (tertiary alicyclic amines) is 2. The van der Waals surface area contributed by atoms with Gasteiger partial charge in [-0.25, -0.2) is 4.98 Å². The van der Waals surface area contributed by atoms with Gasteiger partial charge >= 0.3 is 0 Å². The normalized spacial score (nSPS) is 26.2. The van der Waals surface area contributed by atoms with E-state index < -0.39 is 0 Å². The minimum absolute atomic E-state index is 0.0699. The number of carbonyl (C=O) groups is 1. The Balaban J connectivity index is 1.53. The molecule has 0 radical (unpaired) electrons. The van der Waals surface area contributed by atoms with Gasteiger partial charge in [-0.1, -0.05) is 6.07 Å². The Bertz CT molecular complexity index is 517. The first kappa shape index (κ1) is 15.3. The molecule has 0 aliphatic carbocycles. The maximum atomic E-state index is 12.6. The van der Waals surface area contributed by atoms with Crippen LogP contribution in [0.3, 0.4) is 0 Å². The number of rotatable bonds is 3. The fourth-order valence-electron chi connectivity index (χ4n) is 3.35. The van der Waals surface area contributed by atoms with Crippen LogP contribution in [0.1, 0.15) is 24.8 Å². The zero-order valence-electron chi connectivity index (χ0n) is 13.5. The van der Waals surface area contributed by atoms with Gasteiger partial charge in [0.05, 0.1) is 12.5 Å². The van der Waals surface area contributed by atoms with Gasteiger partial charge in [0, 0.05) is 31.8 Å². The van der Waals surface area contributed by atoms with Crippen molar-refractivity contribution >= 4 is 5.91 Å². The van der Waals surface area contributed by atoms with Crippen LogP contribution in [0.25, 0.3) is 0 Å². The summed E-state index contributed by atoms with van der Waals surface area (Å²) in [5.41, 5.74) is 1.12. The van der Waals surface area contributed by atoms with Crippen LogP contribution >= 0.6 is 0 Å². The van der Waals surface area contributed by atoms with Crippen LogP contribution in [0.4, 0.5) is 0 Å². The predicted octanol–water partition coefficient (Wildman–Crippen LogP) is 1.71. The molecule has 0 aromatic carbocycles. The summed E-state index contributed by atoms with van der Waals surface area (Å²) < 4.78 is 5.90. The Morgan fingerprint density at radius 1 is 1.27 bits per heavy atom. The molecule has 22 heavy (non-hydrogen) atoms. The summed E-state index contributed by atoms with van der Waals surface area (Å²) in [5, 5.41) is 0. The molecule has 2 fully saturated rings. The van der Waals surface area contributed by atoms with Crippen molar-refractivity contribution in [2.24, 2.45) is 5.92 Å². The summed E-state index contributed by atoms with van der Waals surface area (Å²) >= 11 is 0. The lowest BCUT2D eigenvalue weighted by atomic mass is 9.97. The third-order valence-electron chi connectivity index (χ3n) is 4.60. The molecule has 2 aliphatic rings. The van der Waals surface area contributed by atoms with Gasteiger partial charge < -0.3 is 14.5 Å².